The van der Waals surface area contributed by atoms with Crippen LogP contribution in [0.1, 0.15) is 43.2 Å². The Morgan fingerprint density at radius 3 is 2.11 bits per heavy atom. The van der Waals surface area contributed by atoms with Gasteiger partial charge in [-0.2, -0.15) is 0 Å². The van der Waals surface area contributed by atoms with E-state index in [0.717, 1.165) is 42.4 Å². The summed E-state index contributed by atoms with van der Waals surface area (Å²) in [6.45, 7) is 0. The molecule has 0 N–H and O–H groups in total. The third kappa shape index (κ3) is 2.81. The summed E-state index contributed by atoms with van der Waals surface area (Å²) in [6, 6.07) is 12.7. The van der Waals surface area contributed by atoms with Crippen LogP contribution in [0.15, 0.2) is 54.6 Å². The number of halogens is 2. The van der Waals surface area contributed by atoms with Crippen molar-refractivity contribution >= 4 is 5.57 Å². The normalized spacial score (nSPS) is 29.0. The van der Waals surface area contributed by atoms with Crippen LogP contribution in [0, 0.1) is 11.6 Å². The van der Waals surface area contributed by atoms with Gasteiger partial charge in [-0.15, -0.1) is 0 Å². The van der Waals surface area contributed by atoms with Crippen LogP contribution < -0.4 is 0 Å². The predicted molar refractivity (Wildman–Crippen MR) is 95.3 cm³/mol. The lowest BCUT2D eigenvalue weighted by atomic mass is 9.87. The van der Waals surface area contributed by atoms with Crippen molar-refractivity contribution < 1.29 is 23.3 Å². The molecule has 0 aromatic heterocycles. The second-order valence-electron chi connectivity index (χ2n) is 7.59. The lowest BCUT2D eigenvalue weighted by molar-refractivity contribution is -0.524. The minimum atomic E-state index is -0.870. The molecule has 2 aromatic rings. The van der Waals surface area contributed by atoms with Crippen LogP contribution >= 0.6 is 0 Å². The molecule has 1 saturated carbocycles. The lowest BCUT2D eigenvalue weighted by Crippen LogP contribution is -2.53. The summed E-state index contributed by atoms with van der Waals surface area (Å²) < 4.78 is 33.2. The summed E-state index contributed by atoms with van der Waals surface area (Å²) in [7, 11) is 0. The van der Waals surface area contributed by atoms with Crippen molar-refractivity contribution in [1.29, 1.82) is 0 Å². The van der Waals surface area contributed by atoms with Crippen molar-refractivity contribution in [3.05, 3.63) is 77.4 Å². The average Bonchev–Trinajstić information content (AvgIpc) is 3.28. The van der Waals surface area contributed by atoms with Crippen LogP contribution in [0.5, 0.6) is 0 Å². The molecular weight excluding hydrogens is 350 g/mol. The Morgan fingerprint density at radius 2 is 1.44 bits per heavy atom. The highest BCUT2D eigenvalue weighted by atomic mass is 19.1. The van der Waals surface area contributed by atoms with Crippen LogP contribution in [0.3, 0.4) is 0 Å². The first-order valence-corrected chi connectivity index (χ1v) is 9.36. The van der Waals surface area contributed by atoms with Crippen molar-refractivity contribution in [3.63, 3.8) is 0 Å². The van der Waals surface area contributed by atoms with Crippen molar-refractivity contribution in [3.8, 4) is 0 Å². The maximum absolute atomic E-state index is 13.5. The quantitative estimate of drug-likeness (QED) is 0.675. The van der Waals surface area contributed by atoms with E-state index in [1.165, 1.54) is 24.3 Å². The van der Waals surface area contributed by atoms with Crippen molar-refractivity contribution in [2.24, 2.45) is 0 Å². The molecule has 1 spiro atoms. The zero-order chi connectivity index (χ0) is 18.5. The molecule has 140 valence electrons. The van der Waals surface area contributed by atoms with E-state index < -0.39 is 11.4 Å². The topological polar surface area (TPSA) is 27.7 Å². The molecule has 1 heterocycles. The van der Waals surface area contributed by atoms with Crippen LogP contribution in [0.2, 0.25) is 0 Å². The standard InChI is InChI=1S/C22H20F2O3/c23-18-7-3-15(4-8-18)16-13-20-22(14-16,17-5-9-19(24)10-6-17)27-26-21(25-20)11-1-2-12-21/h3-10,13,20H,1-2,11-12,14H2/t20-,22-/m1/s1. The van der Waals surface area contributed by atoms with Crippen LogP contribution in [0.4, 0.5) is 8.78 Å². The van der Waals surface area contributed by atoms with E-state index in [1.807, 2.05) is 6.08 Å². The van der Waals surface area contributed by atoms with Gasteiger partial charge in [-0.1, -0.05) is 24.3 Å². The van der Waals surface area contributed by atoms with Gasteiger partial charge in [-0.3, -0.25) is 0 Å². The first-order chi connectivity index (χ1) is 13.1. The summed E-state index contributed by atoms with van der Waals surface area (Å²) >= 11 is 0. The van der Waals surface area contributed by atoms with E-state index in [9.17, 15) is 8.78 Å². The highest BCUT2D eigenvalue weighted by molar-refractivity contribution is 5.70. The van der Waals surface area contributed by atoms with Gasteiger partial charge in [0, 0.05) is 19.3 Å². The summed E-state index contributed by atoms with van der Waals surface area (Å²) in [5.41, 5.74) is 1.85. The molecule has 5 rings (SSSR count). The second kappa shape index (κ2) is 6.23. The Kier molecular flexibility index (Phi) is 3.93. The first kappa shape index (κ1) is 17.0. The van der Waals surface area contributed by atoms with Crippen LogP contribution in [0.25, 0.3) is 5.57 Å². The molecule has 2 aliphatic carbocycles. The third-order valence-electron chi connectivity index (χ3n) is 5.86. The molecule has 1 aliphatic heterocycles. The summed E-state index contributed by atoms with van der Waals surface area (Å²) in [6.07, 6.45) is 5.85. The molecule has 2 aromatic carbocycles. The number of ether oxygens (including phenoxy) is 1. The van der Waals surface area contributed by atoms with Gasteiger partial charge in [0.15, 0.2) is 5.60 Å². The van der Waals surface area contributed by atoms with Crippen LogP contribution in [-0.2, 0) is 20.1 Å². The summed E-state index contributed by atoms with van der Waals surface area (Å²) in [4.78, 5) is 11.9. The summed E-state index contributed by atoms with van der Waals surface area (Å²) in [5.74, 6) is -1.28. The number of benzene rings is 2. The molecule has 0 radical (unpaired) electrons. The van der Waals surface area contributed by atoms with Gasteiger partial charge in [0.05, 0.1) is 0 Å². The zero-order valence-corrected chi connectivity index (χ0v) is 14.8. The Labute approximate surface area is 156 Å². The molecule has 2 fully saturated rings. The fourth-order valence-electron chi connectivity index (χ4n) is 4.39. The Hall–Kier alpha value is -2.08. The van der Waals surface area contributed by atoms with Gasteiger partial charge in [0.25, 0.3) is 0 Å². The van der Waals surface area contributed by atoms with Crippen LogP contribution in [-0.4, -0.2) is 11.9 Å². The average molecular weight is 370 g/mol. The second-order valence-corrected chi connectivity index (χ2v) is 7.59. The number of rotatable bonds is 2. The number of hydrogen-bond acceptors (Lipinski definition) is 3. The van der Waals surface area contributed by atoms with E-state index in [4.69, 9.17) is 14.5 Å². The smallest absolute Gasteiger partial charge is 0.202 e. The Morgan fingerprint density at radius 1 is 0.815 bits per heavy atom. The highest BCUT2D eigenvalue weighted by Crippen LogP contribution is 2.53. The van der Waals surface area contributed by atoms with Crippen molar-refractivity contribution in [2.75, 3.05) is 0 Å². The third-order valence-corrected chi connectivity index (χ3v) is 5.86. The molecule has 2 atom stereocenters. The Balaban J connectivity index is 1.54. The lowest BCUT2D eigenvalue weighted by Gasteiger charge is -2.45. The van der Waals surface area contributed by atoms with Gasteiger partial charge in [-0.25, -0.2) is 18.6 Å². The molecule has 0 unspecified atom stereocenters. The zero-order valence-electron chi connectivity index (χ0n) is 14.8. The Bertz CT molecular complexity index is 869. The number of fused-ring (bicyclic) bond motifs is 1. The van der Waals surface area contributed by atoms with Crippen molar-refractivity contribution in [1.82, 2.24) is 0 Å². The van der Waals surface area contributed by atoms with Crippen molar-refractivity contribution in [2.45, 2.75) is 49.6 Å². The molecule has 5 heteroatoms. The molecule has 0 bridgehead atoms. The maximum atomic E-state index is 13.5. The van der Waals surface area contributed by atoms with E-state index in [2.05, 4.69) is 0 Å². The minimum absolute atomic E-state index is 0.274. The molecule has 3 aliphatic rings. The fraction of sp³-hybridized carbons (Fsp3) is 0.364. The fourth-order valence-corrected chi connectivity index (χ4v) is 4.39. The van der Waals surface area contributed by atoms with Gasteiger partial charge in [0.1, 0.15) is 17.7 Å². The highest BCUT2D eigenvalue weighted by Gasteiger charge is 2.57. The van der Waals surface area contributed by atoms with Gasteiger partial charge in [0.2, 0.25) is 5.79 Å². The first-order valence-electron chi connectivity index (χ1n) is 9.36. The molecule has 0 amide bonds. The minimum Gasteiger partial charge on any atom is -0.336 e. The van der Waals surface area contributed by atoms with E-state index >= 15 is 0 Å². The molecule has 27 heavy (non-hydrogen) atoms. The molecule has 3 nitrogen and oxygen atoms in total. The SMILES string of the molecule is Fc1ccc(C2=C[C@H]3OC4(CCCC4)OO[C@@]3(c3ccc(F)cc3)C2)cc1. The summed E-state index contributed by atoms with van der Waals surface area (Å²) in [5, 5.41) is 0. The van der Waals surface area contributed by atoms with Gasteiger partial charge in [-0.05, 0) is 59.9 Å². The monoisotopic (exact) mass is 370 g/mol. The largest absolute Gasteiger partial charge is 0.336 e. The van der Waals surface area contributed by atoms with E-state index in [1.54, 1.807) is 24.3 Å². The van der Waals surface area contributed by atoms with Gasteiger partial charge < -0.3 is 4.74 Å². The number of hydrogen-bond donors (Lipinski definition) is 0. The predicted octanol–water partition coefficient (Wildman–Crippen LogP) is 5.26. The molecular formula is C22H20F2O3. The van der Waals surface area contributed by atoms with E-state index in [-0.39, 0.29) is 17.7 Å². The van der Waals surface area contributed by atoms with Gasteiger partial charge >= 0.3 is 0 Å². The van der Waals surface area contributed by atoms with E-state index in [0.29, 0.717) is 6.42 Å². The maximum Gasteiger partial charge on any atom is 0.202 e. The molecule has 1 saturated heterocycles.